The van der Waals surface area contributed by atoms with Gasteiger partial charge >= 0.3 is 0 Å². The lowest BCUT2D eigenvalue weighted by molar-refractivity contribution is -0.126. The molecule has 0 spiro atoms. The molecule has 4 rings (SSSR count). The number of hydrogen-bond acceptors (Lipinski definition) is 6. The maximum Gasteiger partial charge on any atom is 0.265 e. The quantitative estimate of drug-likeness (QED) is 0.652. The van der Waals surface area contributed by atoms with Crippen LogP contribution in [0.3, 0.4) is 0 Å². The fourth-order valence-electron chi connectivity index (χ4n) is 4.70. The highest BCUT2D eigenvalue weighted by atomic mass is 32.1. The van der Waals surface area contributed by atoms with Crippen molar-refractivity contribution in [1.29, 1.82) is 0 Å². The molecule has 1 atom stereocenters. The lowest BCUT2D eigenvalue weighted by Gasteiger charge is -2.34. The number of nitrogens with one attached hydrogen (secondary N) is 1. The molecule has 0 radical (unpaired) electrons. The highest BCUT2D eigenvalue weighted by molar-refractivity contribution is 7.17. The van der Waals surface area contributed by atoms with E-state index in [1.165, 1.54) is 16.9 Å². The van der Waals surface area contributed by atoms with Crippen LogP contribution in [0.4, 0.5) is 0 Å². The second kappa shape index (κ2) is 11.4. The summed E-state index contributed by atoms with van der Waals surface area (Å²) in [6.45, 7) is 12.3. The normalized spacial score (nSPS) is 18.6. The van der Waals surface area contributed by atoms with E-state index in [1.807, 2.05) is 18.7 Å². The van der Waals surface area contributed by atoms with Gasteiger partial charge in [0, 0.05) is 50.7 Å². The summed E-state index contributed by atoms with van der Waals surface area (Å²) in [4.78, 5) is 35.5. The van der Waals surface area contributed by atoms with Crippen molar-refractivity contribution >= 4 is 23.2 Å². The summed E-state index contributed by atoms with van der Waals surface area (Å²) in [5, 5.41) is 3.99. The predicted molar refractivity (Wildman–Crippen MR) is 135 cm³/mol. The van der Waals surface area contributed by atoms with Crippen LogP contribution in [0, 0.1) is 25.7 Å². The van der Waals surface area contributed by atoms with Gasteiger partial charge in [-0.25, -0.2) is 4.98 Å². The van der Waals surface area contributed by atoms with Crippen molar-refractivity contribution in [2.24, 2.45) is 11.8 Å². The maximum absolute atomic E-state index is 13.2. The molecule has 2 aliphatic heterocycles. The number of rotatable bonds is 7. The van der Waals surface area contributed by atoms with Crippen molar-refractivity contribution in [3.05, 3.63) is 40.4 Å². The standard InChI is InChI=1S/C26H36N4O3S/c1-18-4-6-22(7-5-18)25-28-20(3)23(34-25)26(32)30-11-8-21(9-12-30)19(2)24(31)27-10-13-29-14-16-33-17-15-29/h4-7,19,21H,8-17H2,1-3H3,(H,27,31)/t19-/m0/s1. The Morgan fingerprint density at radius 1 is 1.12 bits per heavy atom. The minimum Gasteiger partial charge on any atom is -0.379 e. The molecule has 0 unspecified atom stereocenters. The van der Waals surface area contributed by atoms with Gasteiger partial charge < -0.3 is 15.0 Å². The van der Waals surface area contributed by atoms with Crippen molar-refractivity contribution in [2.75, 3.05) is 52.5 Å². The second-order valence-corrected chi connectivity index (χ2v) is 10.5. The monoisotopic (exact) mass is 484 g/mol. The van der Waals surface area contributed by atoms with Gasteiger partial charge in [0.15, 0.2) is 0 Å². The minimum absolute atomic E-state index is 0.0415. The van der Waals surface area contributed by atoms with Crippen LogP contribution in [-0.4, -0.2) is 79.1 Å². The molecule has 34 heavy (non-hydrogen) atoms. The highest BCUT2D eigenvalue weighted by Gasteiger charge is 2.31. The largest absolute Gasteiger partial charge is 0.379 e. The third kappa shape index (κ3) is 6.03. The van der Waals surface area contributed by atoms with Crippen LogP contribution in [0.2, 0.25) is 0 Å². The van der Waals surface area contributed by atoms with Crippen LogP contribution in [0.1, 0.15) is 40.7 Å². The predicted octanol–water partition coefficient (Wildman–Crippen LogP) is 3.36. The first-order chi connectivity index (χ1) is 16.4. The molecule has 2 fully saturated rings. The van der Waals surface area contributed by atoms with E-state index in [2.05, 4.69) is 46.4 Å². The van der Waals surface area contributed by atoms with Gasteiger partial charge in [-0.1, -0.05) is 36.8 Å². The molecule has 2 saturated heterocycles. The number of aryl methyl sites for hydroxylation is 2. The molecule has 7 nitrogen and oxygen atoms in total. The molecule has 3 heterocycles. The van der Waals surface area contributed by atoms with E-state index < -0.39 is 0 Å². The summed E-state index contributed by atoms with van der Waals surface area (Å²) in [6.07, 6.45) is 1.71. The summed E-state index contributed by atoms with van der Waals surface area (Å²) < 4.78 is 5.37. The van der Waals surface area contributed by atoms with E-state index in [0.717, 1.165) is 66.8 Å². The van der Waals surface area contributed by atoms with E-state index in [4.69, 9.17) is 4.74 Å². The number of amides is 2. The molecule has 184 valence electrons. The average Bonchev–Trinajstić information content (AvgIpc) is 3.25. The maximum atomic E-state index is 13.2. The zero-order valence-electron chi connectivity index (χ0n) is 20.5. The van der Waals surface area contributed by atoms with Gasteiger partial charge in [0.2, 0.25) is 5.91 Å². The first-order valence-electron chi connectivity index (χ1n) is 12.3. The van der Waals surface area contributed by atoms with Crippen LogP contribution >= 0.6 is 11.3 Å². The van der Waals surface area contributed by atoms with Crippen molar-refractivity contribution in [1.82, 2.24) is 20.1 Å². The van der Waals surface area contributed by atoms with E-state index in [-0.39, 0.29) is 17.7 Å². The average molecular weight is 485 g/mol. The molecule has 8 heteroatoms. The van der Waals surface area contributed by atoms with Gasteiger partial charge in [-0.15, -0.1) is 11.3 Å². The van der Waals surface area contributed by atoms with Crippen LogP contribution in [0.5, 0.6) is 0 Å². The Morgan fingerprint density at radius 2 is 1.79 bits per heavy atom. The Bertz CT molecular complexity index is 976. The highest BCUT2D eigenvalue weighted by Crippen LogP contribution is 2.31. The number of aromatic nitrogens is 1. The molecule has 2 aliphatic rings. The Kier molecular flexibility index (Phi) is 8.34. The Labute approximate surface area is 206 Å². The smallest absolute Gasteiger partial charge is 0.265 e. The number of benzene rings is 1. The van der Waals surface area contributed by atoms with Gasteiger partial charge in [-0.3, -0.25) is 14.5 Å². The van der Waals surface area contributed by atoms with E-state index in [1.54, 1.807) is 0 Å². The Morgan fingerprint density at radius 3 is 2.47 bits per heavy atom. The van der Waals surface area contributed by atoms with Crippen molar-refractivity contribution in [2.45, 2.75) is 33.6 Å². The van der Waals surface area contributed by atoms with E-state index in [0.29, 0.717) is 25.6 Å². The Hall–Kier alpha value is -2.29. The Balaban J connectivity index is 1.26. The summed E-state index contributed by atoms with van der Waals surface area (Å²) in [5.74, 6) is 0.451. The third-order valence-electron chi connectivity index (χ3n) is 7.07. The molecular weight excluding hydrogens is 448 g/mol. The SMILES string of the molecule is Cc1ccc(-c2nc(C)c(C(=O)N3CCC([C@H](C)C(=O)NCCN4CCOCC4)CC3)s2)cc1. The number of nitrogens with zero attached hydrogens (tertiary/aromatic N) is 3. The summed E-state index contributed by atoms with van der Waals surface area (Å²) >= 11 is 1.47. The summed E-state index contributed by atoms with van der Waals surface area (Å²) in [6, 6.07) is 8.25. The first kappa shape index (κ1) is 24.8. The number of carbonyl (C=O) groups excluding carboxylic acids is 2. The molecule has 1 N–H and O–H groups in total. The number of piperidine rings is 1. The molecule has 0 aliphatic carbocycles. The fourth-order valence-corrected chi connectivity index (χ4v) is 5.74. The molecule has 2 aromatic rings. The van der Waals surface area contributed by atoms with Crippen molar-refractivity contribution in [3.8, 4) is 10.6 Å². The molecule has 0 saturated carbocycles. The molecule has 0 bridgehead atoms. The number of carbonyl (C=O) groups is 2. The van der Waals surface area contributed by atoms with E-state index in [9.17, 15) is 9.59 Å². The lowest BCUT2D eigenvalue weighted by atomic mass is 9.85. The lowest BCUT2D eigenvalue weighted by Crippen LogP contribution is -2.45. The zero-order chi connectivity index (χ0) is 24.1. The molecular formula is C26H36N4O3S. The van der Waals surface area contributed by atoms with Gasteiger partial charge in [-0.2, -0.15) is 0 Å². The van der Waals surface area contributed by atoms with Crippen LogP contribution in [0.15, 0.2) is 24.3 Å². The van der Waals surface area contributed by atoms with Gasteiger partial charge in [0.05, 0.1) is 18.9 Å². The van der Waals surface area contributed by atoms with E-state index >= 15 is 0 Å². The number of morpholine rings is 1. The number of likely N-dealkylation sites (tertiary alicyclic amines) is 1. The number of thiazole rings is 1. The minimum atomic E-state index is -0.0415. The first-order valence-corrected chi connectivity index (χ1v) is 13.2. The molecule has 1 aromatic carbocycles. The van der Waals surface area contributed by atoms with Crippen molar-refractivity contribution in [3.63, 3.8) is 0 Å². The van der Waals surface area contributed by atoms with Gasteiger partial charge in [-0.05, 0) is 32.6 Å². The molecule has 1 aromatic heterocycles. The summed E-state index contributed by atoms with van der Waals surface area (Å²) in [5.41, 5.74) is 3.04. The second-order valence-electron chi connectivity index (χ2n) is 9.46. The van der Waals surface area contributed by atoms with Crippen LogP contribution < -0.4 is 5.32 Å². The van der Waals surface area contributed by atoms with Gasteiger partial charge in [0.1, 0.15) is 9.88 Å². The van der Waals surface area contributed by atoms with Crippen LogP contribution in [-0.2, 0) is 9.53 Å². The third-order valence-corrected chi connectivity index (χ3v) is 8.26. The topological polar surface area (TPSA) is 74.8 Å². The fraction of sp³-hybridized carbons (Fsp3) is 0.577. The number of hydrogen-bond donors (Lipinski definition) is 1. The van der Waals surface area contributed by atoms with Crippen molar-refractivity contribution < 1.29 is 14.3 Å². The zero-order valence-corrected chi connectivity index (χ0v) is 21.3. The molecule has 2 amide bonds. The van der Waals surface area contributed by atoms with Gasteiger partial charge in [0.25, 0.3) is 5.91 Å². The number of ether oxygens (including phenoxy) is 1. The van der Waals surface area contributed by atoms with Crippen LogP contribution in [0.25, 0.3) is 10.6 Å². The summed E-state index contributed by atoms with van der Waals surface area (Å²) in [7, 11) is 0.